The number of ether oxygens (including phenoxy) is 2. The van der Waals surface area contributed by atoms with Crippen molar-refractivity contribution in [1.29, 1.82) is 0 Å². The second kappa shape index (κ2) is 12.3. The van der Waals surface area contributed by atoms with Crippen LogP contribution in [0.2, 0.25) is 0 Å². The van der Waals surface area contributed by atoms with Crippen LogP contribution in [-0.4, -0.2) is 31.3 Å². The van der Waals surface area contributed by atoms with E-state index >= 15 is 0 Å². The van der Waals surface area contributed by atoms with Gasteiger partial charge in [0.05, 0.1) is 13.2 Å². The lowest BCUT2D eigenvalue weighted by molar-refractivity contribution is -0.147. The fraction of sp³-hybridized carbons (Fsp3) is 0.882. The van der Waals surface area contributed by atoms with Crippen LogP contribution in [0.1, 0.15) is 66.7 Å². The highest BCUT2D eigenvalue weighted by Gasteiger charge is 2.27. The number of rotatable bonds is 11. The van der Waals surface area contributed by atoms with Crippen LogP contribution in [0.25, 0.3) is 0 Å². The fourth-order valence-corrected chi connectivity index (χ4v) is 1.90. The molecule has 0 aromatic rings. The summed E-state index contributed by atoms with van der Waals surface area (Å²) < 4.78 is 10.4. The van der Waals surface area contributed by atoms with Crippen molar-refractivity contribution in [3.63, 3.8) is 0 Å². The van der Waals surface area contributed by atoms with Crippen molar-refractivity contribution >= 4 is 12.1 Å². The Kier molecular flexibility index (Phi) is 11.6. The van der Waals surface area contributed by atoms with Crippen LogP contribution in [0, 0.1) is 11.8 Å². The van der Waals surface area contributed by atoms with Gasteiger partial charge in [-0.15, -0.1) is 0 Å². The van der Waals surface area contributed by atoms with E-state index in [0.29, 0.717) is 19.1 Å². The molecular weight excluding hydrogens is 282 g/mol. The third-order valence-corrected chi connectivity index (χ3v) is 3.64. The highest BCUT2D eigenvalue weighted by molar-refractivity contribution is 5.81. The van der Waals surface area contributed by atoms with Crippen molar-refractivity contribution in [1.82, 2.24) is 5.32 Å². The Balaban J connectivity index is 4.31. The molecule has 0 spiro atoms. The van der Waals surface area contributed by atoms with Crippen molar-refractivity contribution < 1.29 is 19.1 Å². The molecular formula is C17H33NO4. The molecule has 0 aliphatic rings. The number of esters is 1. The van der Waals surface area contributed by atoms with Gasteiger partial charge in [-0.1, -0.05) is 47.5 Å². The van der Waals surface area contributed by atoms with Gasteiger partial charge in [0.2, 0.25) is 0 Å². The minimum Gasteiger partial charge on any atom is -0.464 e. The predicted molar refractivity (Wildman–Crippen MR) is 87.7 cm³/mol. The molecule has 5 nitrogen and oxygen atoms in total. The smallest absolute Gasteiger partial charge is 0.407 e. The number of alkyl carbamates (subject to hydrolysis) is 1. The van der Waals surface area contributed by atoms with E-state index in [4.69, 9.17) is 9.47 Å². The monoisotopic (exact) mass is 315 g/mol. The standard InChI is InChI=1S/C17H33NO4/c1-6-8-11-22-17(20)18-15(14(5)7-2)16(19)21-12-9-10-13(3)4/h13-15H,6-12H2,1-5H3,(H,18,20). The van der Waals surface area contributed by atoms with E-state index in [-0.39, 0.29) is 11.9 Å². The average molecular weight is 315 g/mol. The third-order valence-electron chi connectivity index (χ3n) is 3.64. The summed E-state index contributed by atoms with van der Waals surface area (Å²) in [6, 6.07) is -0.641. The van der Waals surface area contributed by atoms with Gasteiger partial charge in [0.25, 0.3) is 0 Å². The topological polar surface area (TPSA) is 64.6 Å². The molecule has 0 aliphatic heterocycles. The minimum absolute atomic E-state index is 0.0105. The minimum atomic E-state index is -0.641. The molecule has 0 rings (SSSR count). The quantitative estimate of drug-likeness (QED) is 0.464. The van der Waals surface area contributed by atoms with E-state index in [0.717, 1.165) is 32.1 Å². The number of hydrogen-bond acceptors (Lipinski definition) is 4. The highest BCUT2D eigenvalue weighted by Crippen LogP contribution is 2.11. The molecule has 130 valence electrons. The van der Waals surface area contributed by atoms with Gasteiger partial charge < -0.3 is 14.8 Å². The second-order valence-electron chi connectivity index (χ2n) is 6.20. The van der Waals surface area contributed by atoms with E-state index in [9.17, 15) is 9.59 Å². The summed E-state index contributed by atoms with van der Waals surface area (Å²) in [5.74, 6) is 0.234. The molecule has 0 radical (unpaired) electrons. The lowest BCUT2D eigenvalue weighted by atomic mass is 9.99. The average Bonchev–Trinajstić information content (AvgIpc) is 2.48. The highest BCUT2D eigenvalue weighted by atomic mass is 16.6. The molecule has 0 saturated heterocycles. The van der Waals surface area contributed by atoms with Gasteiger partial charge in [-0.2, -0.15) is 0 Å². The van der Waals surface area contributed by atoms with E-state index in [1.54, 1.807) is 0 Å². The zero-order valence-electron chi connectivity index (χ0n) is 14.8. The Bertz CT molecular complexity index is 318. The van der Waals surface area contributed by atoms with Crippen molar-refractivity contribution in [3.8, 4) is 0 Å². The molecule has 0 saturated carbocycles. The first kappa shape index (κ1) is 20.7. The maximum absolute atomic E-state index is 12.2. The summed E-state index contributed by atoms with van der Waals surface area (Å²) in [5.41, 5.74) is 0. The van der Waals surface area contributed by atoms with Crippen LogP contribution in [0.15, 0.2) is 0 Å². The van der Waals surface area contributed by atoms with Gasteiger partial charge in [0.1, 0.15) is 6.04 Å². The molecule has 0 heterocycles. The first-order valence-corrected chi connectivity index (χ1v) is 8.52. The van der Waals surface area contributed by atoms with Crippen LogP contribution in [0.3, 0.4) is 0 Å². The Hall–Kier alpha value is -1.26. The first-order chi connectivity index (χ1) is 10.4. The Morgan fingerprint density at radius 3 is 2.18 bits per heavy atom. The fourth-order valence-electron chi connectivity index (χ4n) is 1.90. The van der Waals surface area contributed by atoms with Crippen molar-refractivity contribution in [3.05, 3.63) is 0 Å². The molecule has 0 fully saturated rings. The van der Waals surface area contributed by atoms with Gasteiger partial charge in [-0.05, 0) is 31.1 Å². The van der Waals surface area contributed by atoms with Crippen molar-refractivity contribution in [2.24, 2.45) is 11.8 Å². The lowest BCUT2D eigenvalue weighted by Gasteiger charge is -2.22. The van der Waals surface area contributed by atoms with Crippen LogP contribution in [-0.2, 0) is 14.3 Å². The largest absolute Gasteiger partial charge is 0.464 e. The molecule has 0 aliphatic carbocycles. The lowest BCUT2D eigenvalue weighted by Crippen LogP contribution is -2.46. The molecule has 2 atom stereocenters. The first-order valence-electron chi connectivity index (χ1n) is 8.52. The Labute approximate surface area is 135 Å². The maximum Gasteiger partial charge on any atom is 0.407 e. The normalized spacial score (nSPS) is 13.5. The summed E-state index contributed by atoms with van der Waals surface area (Å²) in [6.07, 6.45) is 3.88. The summed E-state index contributed by atoms with van der Waals surface area (Å²) in [7, 11) is 0. The Morgan fingerprint density at radius 1 is 1.00 bits per heavy atom. The molecule has 5 heteroatoms. The maximum atomic E-state index is 12.2. The summed E-state index contributed by atoms with van der Waals surface area (Å²) >= 11 is 0. The molecule has 1 amide bonds. The van der Waals surface area contributed by atoms with Gasteiger partial charge in [0.15, 0.2) is 0 Å². The van der Waals surface area contributed by atoms with Crippen LogP contribution in [0.4, 0.5) is 4.79 Å². The number of amides is 1. The van der Waals surface area contributed by atoms with Gasteiger partial charge in [-0.3, -0.25) is 0 Å². The number of hydrogen-bond donors (Lipinski definition) is 1. The summed E-state index contributed by atoms with van der Waals surface area (Å²) in [4.78, 5) is 23.9. The van der Waals surface area contributed by atoms with E-state index in [2.05, 4.69) is 19.2 Å². The van der Waals surface area contributed by atoms with E-state index < -0.39 is 12.1 Å². The molecule has 0 bridgehead atoms. The molecule has 22 heavy (non-hydrogen) atoms. The molecule has 0 aromatic heterocycles. The van der Waals surface area contributed by atoms with Gasteiger partial charge in [-0.25, -0.2) is 9.59 Å². The van der Waals surface area contributed by atoms with Crippen molar-refractivity contribution in [2.45, 2.75) is 72.8 Å². The zero-order valence-corrected chi connectivity index (χ0v) is 14.8. The van der Waals surface area contributed by atoms with Crippen LogP contribution in [0.5, 0.6) is 0 Å². The summed E-state index contributed by atoms with van der Waals surface area (Å²) in [5, 5.41) is 2.64. The van der Waals surface area contributed by atoms with Gasteiger partial charge in [0, 0.05) is 0 Å². The van der Waals surface area contributed by atoms with E-state index in [1.165, 1.54) is 0 Å². The Morgan fingerprint density at radius 2 is 1.64 bits per heavy atom. The van der Waals surface area contributed by atoms with Crippen molar-refractivity contribution in [2.75, 3.05) is 13.2 Å². The third kappa shape index (κ3) is 9.64. The zero-order chi connectivity index (χ0) is 17.0. The number of nitrogens with one attached hydrogen (secondary N) is 1. The SMILES string of the molecule is CCCCOC(=O)NC(C(=O)OCCCC(C)C)C(C)CC. The second-order valence-corrected chi connectivity index (χ2v) is 6.20. The number of unbranched alkanes of at least 4 members (excludes halogenated alkanes) is 1. The molecule has 0 aromatic carbocycles. The number of carbonyl (C=O) groups is 2. The summed E-state index contributed by atoms with van der Waals surface area (Å²) in [6.45, 7) is 11.0. The predicted octanol–water partition coefficient (Wildman–Crippen LogP) is 3.91. The number of carbonyl (C=O) groups excluding carboxylic acids is 2. The van der Waals surface area contributed by atoms with E-state index in [1.807, 2.05) is 20.8 Å². The molecule has 2 unspecified atom stereocenters. The molecule has 1 N–H and O–H groups in total. The van der Waals surface area contributed by atoms with Crippen LogP contribution < -0.4 is 5.32 Å². The van der Waals surface area contributed by atoms with Gasteiger partial charge >= 0.3 is 12.1 Å². The van der Waals surface area contributed by atoms with Crippen LogP contribution >= 0.6 is 0 Å².